The van der Waals surface area contributed by atoms with E-state index < -0.39 is 5.97 Å². The van der Waals surface area contributed by atoms with Crippen molar-refractivity contribution in [3.8, 4) is 11.5 Å². The average molecular weight is 308 g/mol. The van der Waals surface area contributed by atoms with Gasteiger partial charge in [0, 0.05) is 18.9 Å². The van der Waals surface area contributed by atoms with E-state index in [0.717, 1.165) is 19.3 Å². The van der Waals surface area contributed by atoms with Crippen LogP contribution >= 0.6 is 0 Å². The Kier molecular flexibility index (Phi) is 5.77. The van der Waals surface area contributed by atoms with Crippen molar-refractivity contribution in [2.24, 2.45) is 0 Å². The summed E-state index contributed by atoms with van der Waals surface area (Å²) in [7, 11) is 1.27. The second-order valence-electron chi connectivity index (χ2n) is 5.09. The van der Waals surface area contributed by atoms with Crippen LogP contribution in [0.1, 0.15) is 42.5 Å². The summed E-state index contributed by atoms with van der Waals surface area (Å²) in [5, 5.41) is 9.96. The van der Waals surface area contributed by atoms with Crippen molar-refractivity contribution in [2.75, 3.05) is 13.7 Å². The van der Waals surface area contributed by atoms with Crippen molar-refractivity contribution in [2.45, 2.75) is 38.4 Å². The van der Waals surface area contributed by atoms with Gasteiger partial charge in [0.1, 0.15) is 11.5 Å². The lowest BCUT2D eigenvalue weighted by molar-refractivity contribution is -0.140. The first-order chi connectivity index (χ1) is 10.6. The van der Waals surface area contributed by atoms with E-state index in [2.05, 4.69) is 4.74 Å². The van der Waals surface area contributed by atoms with Crippen LogP contribution in [0.5, 0.6) is 11.5 Å². The molecule has 1 saturated heterocycles. The molecule has 0 spiro atoms. The Morgan fingerprint density at radius 1 is 1.32 bits per heavy atom. The average Bonchev–Trinajstić information content (AvgIpc) is 2.53. The van der Waals surface area contributed by atoms with Gasteiger partial charge in [-0.25, -0.2) is 0 Å². The van der Waals surface area contributed by atoms with Gasteiger partial charge in [0.25, 0.3) is 0 Å². The third kappa shape index (κ3) is 4.46. The van der Waals surface area contributed by atoms with Crippen LogP contribution in [0.2, 0.25) is 0 Å². The monoisotopic (exact) mass is 308 g/mol. The number of Topliss-reactive ketones (excluding diaryl/α,β-unsaturated/α-hetero) is 1. The Bertz CT molecular complexity index is 533. The molecule has 1 unspecified atom stereocenters. The molecule has 1 fully saturated rings. The first kappa shape index (κ1) is 16.3. The summed E-state index contributed by atoms with van der Waals surface area (Å²) in [5.41, 5.74) is 0.167. The Hall–Kier alpha value is -2.08. The van der Waals surface area contributed by atoms with E-state index in [0.29, 0.717) is 12.4 Å². The predicted molar refractivity (Wildman–Crippen MR) is 77.9 cm³/mol. The highest BCUT2D eigenvalue weighted by molar-refractivity contribution is 5.99. The number of rotatable bonds is 6. The summed E-state index contributed by atoms with van der Waals surface area (Å²) in [6.07, 6.45) is 2.55. The minimum Gasteiger partial charge on any atom is -0.507 e. The number of hydrogen-bond acceptors (Lipinski definition) is 6. The zero-order valence-electron chi connectivity index (χ0n) is 12.5. The Morgan fingerprint density at radius 2 is 2.14 bits per heavy atom. The number of ether oxygens (including phenoxy) is 3. The molecule has 1 atom stereocenters. The highest BCUT2D eigenvalue weighted by atomic mass is 16.7. The summed E-state index contributed by atoms with van der Waals surface area (Å²) in [4.78, 5) is 23.0. The number of benzene rings is 1. The van der Waals surface area contributed by atoms with E-state index in [-0.39, 0.29) is 36.2 Å². The Balaban J connectivity index is 1.96. The summed E-state index contributed by atoms with van der Waals surface area (Å²) in [5.74, 6) is -0.484. The van der Waals surface area contributed by atoms with Crippen molar-refractivity contribution >= 4 is 11.8 Å². The van der Waals surface area contributed by atoms with Gasteiger partial charge in [0.05, 0.1) is 25.7 Å². The molecule has 22 heavy (non-hydrogen) atoms. The minimum absolute atomic E-state index is 0.00776. The van der Waals surface area contributed by atoms with Crippen LogP contribution in [0.25, 0.3) is 0 Å². The van der Waals surface area contributed by atoms with Crippen molar-refractivity contribution in [1.29, 1.82) is 0 Å². The molecule has 1 heterocycles. The topological polar surface area (TPSA) is 82.1 Å². The number of hydrogen-bond donors (Lipinski definition) is 1. The van der Waals surface area contributed by atoms with Crippen molar-refractivity contribution in [3.63, 3.8) is 0 Å². The van der Waals surface area contributed by atoms with Gasteiger partial charge >= 0.3 is 5.97 Å². The summed E-state index contributed by atoms with van der Waals surface area (Å²) < 4.78 is 15.6. The van der Waals surface area contributed by atoms with Gasteiger partial charge in [-0.2, -0.15) is 0 Å². The number of carbonyl (C=O) groups is 2. The van der Waals surface area contributed by atoms with E-state index in [1.807, 2.05) is 0 Å². The standard InChI is InChI=1S/C16H20O6/c1-20-15(19)8-7-13(17)12-6-5-11(10-14(12)18)22-16-4-2-3-9-21-16/h5-6,10,16,18H,2-4,7-9H2,1H3. The number of carbonyl (C=O) groups excluding carboxylic acids is 2. The number of methoxy groups -OCH3 is 1. The zero-order chi connectivity index (χ0) is 15.9. The molecular formula is C16H20O6. The van der Waals surface area contributed by atoms with E-state index in [1.54, 1.807) is 6.07 Å². The molecule has 120 valence electrons. The molecule has 1 aliphatic heterocycles. The smallest absolute Gasteiger partial charge is 0.305 e. The Labute approximate surface area is 129 Å². The Morgan fingerprint density at radius 3 is 2.77 bits per heavy atom. The molecule has 1 aliphatic rings. The first-order valence-corrected chi connectivity index (χ1v) is 7.31. The maximum atomic E-state index is 12.0. The first-order valence-electron chi connectivity index (χ1n) is 7.31. The molecule has 0 saturated carbocycles. The maximum Gasteiger partial charge on any atom is 0.305 e. The van der Waals surface area contributed by atoms with Crippen LogP contribution < -0.4 is 4.74 Å². The van der Waals surface area contributed by atoms with Crippen molar-refractivity contribution in [3.05, 3.63) is 23.8 Å². The molecule has 6 nitrogen and oxygen atoms in total. The number of ketones is 1. The zero-order valence-corrected chi connectivity index (χ0v) is 12.5. The molecule has 0 aliphatic carbocycles. The third-order valence-electron chi connectivity index (χ3n) is 3.46. The van der Waals surface area contributed by atoms with Gasteiger partial charge in [-0.3, -0.25) is 9.59 Å². The van der Waals surface area contributed by atoms with Crippen molar-refractivity contribution in [1.82, 2.24) is 0 Å². The molecule has 0 aromatic heterocycles. The van der Waals surface area contributed by atoms with E-state index in [9.17, 15) is 14.7 Å². The minimum atomic E-state index is -0.456. The van der Waals surface area contributed by atoms with Gasteiger partial charge in [0.2, 0.25) is 0 Å². The highest BCUT2D eigenvalue weighted by Gasteiger charge is 2.18. The number of phenolic OH excluding ortho intramolecular Hbond substituents is 1. The summed E-state index contributed by atoms with van der Waals surface area (Å²) in [6, 6.07) is 4.50. The molecule has 2 rings (SSSR count). The van der Waals surface area contributed by atoms with E-state index in [4.69, 9.17) is 9.47 Å². The fraction of sp³-hybridized carbons (Fsp3) is 0.500. The summed E-state index contributed by atoms with van der Waals surface area (Å²) >= 11 is 0. The molecule has 1 N–H and O–H groups in total. The maximum absolute atomic E-state index is 12.0. The van der Waals surface area contributed by atoms with Crippen LogP contribution in [-0.4, -0.2) is 36.9 Å². The highest BCUT2D eigenvalue weighted by Crippen LogP contribution is 2.27. The fourth-order valence-corrected chi connectivity index (χ4v) is 2.23. The fourth-order valence-electron chi connectivity index (χ4n) is 2.23. The molecule has 0 amide bonds. The van der Waals surface area contributed by atoms with Gasteiger partial charge in [0.15, 0.2) is 12.1 Å². The number of phenols is 1. The SMILES string of the molecule is COC(=O)CCC(=O)c1ccc(OC2CCCCO2)cc1O. The van der Waals surface area contributed by atoms with Gasteiger partial charge < -0.3 is 19.3 Å². The predicted octanol–water partition coefficient (Wildman–Crippen LogP) is 2.43. The number of esters is 1. The van der Waals surface area contributed by atoms with Crippen LogP contribution in [0.3, 0.4) is 0 Å². The largest absolute Gasteiger partial charge is 0.507 e. The van der Waals surface area contributed by atoms with Gasteiger partial charge in [-0.15, -0.1) is 0 Å². The lowest BCUT2D eigenvalue weighted by Crippen LogP contribution is -2.24. The lowest BCUT2D eigenvalue weighted by atomic mass is 10.1. The van der Waals surface area contributed by atoms with E-state index in [1.165, 1.54) is 19.2 Å². The van der Waals surface area contributed by atoms with Crippen LogP contribution in [0, 0.1) is 0 Å². The van der Waals surface area contributed by atoms with E-state index >= 15 is 0 Å². The van der Waals surface area contributed by atoms with Crippen LogP contribution in [0.15, 0.2) is 18.2 Å². The van der Waals surface area contributed by atoms with Gasteiger partial charge in [-0.1, -0.05) is 0 Å². The molecule has 6 heteroatoms. The molecule has 1 aromatic carbocycles. The van der Waals surface area contributed by atoms with Gasteiger partial charge in [-0.05, 0) is 25.0 Å². The number of aromatic hydroxyl groups is 1. The molecular weight excluding hydrogens is 288 g/mol. The third-order valence-corrected chi connectivity index (χ3v) is 3.46. The molecule has 0 bridgehead atoms. The van der Waals surface area contributed by atoms with Crippen molar-refractivity contribution < 1.29 is 28.9 Å². The second kappa shape index (κ2) is 7.79. The normalized spacial score (nSPS) is 17.8. The quantitative estimate of drug-likeness (QED) is 0.642. The lowest BCUT2D eigenvalue weighted by Gasteiger charge is -2.23. The van der Waals surface area contributed by atoms with Crippen LogP contribution in [0.4, 0.5) is 0 Å². The second-order valence-corrected chi connectivity index (χ2v) is 5.09. The van der Waals surface area contributed by atoms with Crippen LogP contribution in [-0.2, 0) is 14.3 Å². The molecule has 0 radical (unpaired) electrons. The molecule has 1 aromatic rings. The summed E-state index contributed by atoms with van der Waals surface area (Å²) in [6.45, 7) is 0.667.